The zero-order valence-corrected chi connectivity index (χ0v) is 14.6. The smallest absolute Gasteiger partial charge is 0.246 e. The normalized spacial score (nSPS) is 11.8. The first-order valence-corrected chi connectivity index (χ1v) is 9.00. The van der Waals surface area contributed by atoms with E-state index in [1.54, 1.807) is 17.0 Å². The highest BCUT2D eigenvalue weighted by atomic mass is 79.9. The fourth-order valence-electron chi connectivity index (χ4n) is 1.71. The Morgan fingerprint density at radius 3 is 2.76 bits per heavy atom. The zero-order chi connectivity index (χ0) is 15.6. The number of nitrogens with two attached hydrogens (primary N) is 1. The lowest BCUT2D eigenvalue weighted by Gasteiger charge is -2.18. The second-order valence-corrected chi connectivity index (χ2v) is 7.85. The van der Waals surface area contributed by atoms with Gasteiger partial charge in [-0.1, -0.05) is 0 Å². The van der Waals surface area contributed by atoms with Gasteiger partial charge in [0.05, 0.1) is 24.9 Å². The summed E-state index contributed by atoms with van der Waals surface area (Å²) >= 11 is 4.67. The molecule has 1 aromatic heterocycles. The number of thiazole rings is 1. The fraction of sp³-hybridized carbons (Fsp3) is 0.250. The van der Waals surface area contributed by atoms with Gasteiger partial charge in [0.2, 0.25) is 10.0 Å². The minimum Gasteiger partial charge on any atom is -0.495 e. The molecule has 0 aliphatic carbocycles. The molecule has 1 heterocycles. The molecule has 0 amide bonds. The van der Waals surface area contributed by atoms with Crippen LogP contribution in [0.15, 0.2) is 32.4 Å². The Morgan fingerprint density at radius 2 is 2.19 bits per heavy atom. The van der Waals surface area contributed by atoms with Gasteiger partial charge >= 0.3 is 0 Å². The first-order valence-electron chi connectivity index (χ1n) is 5.82. The number of aromatic nitrogens is 1. The highest BCUT2D eigenvalue weighted by Gasteiger charge is 2.26. The molecule has 2 rings (SSSR count). The van der Waals surface area contributed by atoms with Crippen LogP contribution in [-0.4, -0.2) is 31.9 Å². The van der Waals surface area contributed by atoms with Crippen molar-refractivity contribution in [2.75, 3.05) is 19.9 Å². The first-order chi connectivity index (χ1) is 9.86. The van der Waals surface area contributed by atoms with E-state index < -0.39 is 10.0 Å². The van der Waals surface area contributed by atoms with E-state index in [-0.39, 0.29) is 17.2 Å². The molecule has 0 aliphatic rings. The van der Waals surface area contributed by atoms with E-state index >= 15 is 0 Å². The molecule has 2 N–H and O–H groups in total. The van der Waals surface area contributed by atoms with Crippen LogP contribution in [0.25, 0.3) is 0 Å². The van der Waals surface area contributed by atoms with Gasteiger partial charge in [-0.3, -0.25) is 0 Å². The summed E-state index contributed by atoms with van der Waals surface area (Å²) in [6, 6.07) is 2.93. The Bertz CT molecular complexity index is 732. The number of ether oxygens (including phenoxy) is 1. The third-order valence-corrected chi connectivity index (χ3v) is 5.99. The van der Waals surface area contributed by atoms with Crippen LogP contribution in [0.1, 0.15) is 5.69 Å². The number of hydrogen-bond donors (Lipinski definition) is 1. The molecule has 0 radical (unpaired) electrons. The van der Waals surface area contributed by atoms with Crippen LogP contribution in [-0.2, 0) is 16.6 Å². The molecule has 0 bridgehead atoms. The van der Waals surface area contributed by atoms with Gasteiger partial charge in [0.25, 0.3) is 0 Å². The summed E-state index contributed by atoms with van der Waals surface area (Å²) in [7, 11) is -0.818. The molecule has 21 heavy (non-hydrogen) atoms. The van der Waals surface area contributed by atoms with Crippen LogP contribution < -0.4 is 10.5 Å². The number of hydrogen-bond acceptors (Lipinski definition) is 6. The number of nitrogen functional groups attached to an aromatic ring is 1. The van der Waals surface area contributed by atoms with Crippen molar-refractivity contribution in [2.24, 2.45) is 0 Å². The Hall–Kier alpha value is -1.16. The fourth-order valence-corrected chi connectivity index (χ4v) is 3.89. The topological polar surface area (TPSA) is 85.5 Å². The van der Waals surface area contributed by atoms with E-state index in [0.29, 0.717) is 15.9 Å². The maximum absolute atomic E-state index is 12.7. The maximum Gasteiger partial charge on any atom is 0.246 e. The number of rotatable bonds is 5. The summed E-state index contributed by atoms with van der Waals surface area (Å²) in [5.41, 5.74) is 8.46. The Kier molecular flexibility index (Phi) is 4.87. The SMILES string of the molecule is COc1cc(Br)c(N)cc1S(=O)(=O)N(C)Cc1cscn1. The van der Waals surface area contributed by atoms with Crippen LogP contribution in [0, 0.1) is 0 Å². The van der Waals surface area contributed by atoms with Crippen molar-refractivity contribution in [1.82, 2.24) is 9.29 Å². The van der Waals surface area contributed by atoms with Gasteiger partial charge in [-0.2, -0.15) is 4.31 Å². The third kappa shape index (κ3) is 3.37. The standard InChI is InChI=1S/C12H14BrN3O3S2/c1-16(5-8-6-20-7-15-8)21(17,18)12-4-10(14)9(13)3-11(12)19-2/h3-4,6-7H,5,14H2,1-2H3. The van der Waals surface area contributed by atoms with Crippen molar-refractivity contribution in [2.45, 2.75) is 11.4 Å². The molecule has 0 saturated carbocycles. The van der Waals surface area contributed by atoms with Crippen molar-refractivity contribution in [3.8, 4) is 5.75 Å². The predicted molar refractivity (Wildman–Crippen MR) is 85.9 cm³/mol. The molecule has 0 aliphatic heterocycles. The number of halogens is 1. The molecular weight excluding hydrogens is 378 g/mol. The molecule has 0 spiro atoms. The van der Waals surface area contributed by atoms with Gasteiger partial charge in [-0.05, 0) is 28.1 Å². The van der Waals surface area contributed by atoms with Crippen LogP contribution in [0.2, 0.25) is 0 Å². The van der Waals surface area contributed by atoms with E-state index in [1.165, 1.54) is 35.9 Å². The van der Waals surface area contributed by atoms with Gasteiger partial charge in [-0.15, -0.1) is 11.3 Å². The average molecular weight is 392 g/mol. The average Bonchev–Trinajstić information content (AvgIpc) is 2.94. The van der Waals surface area contributed by atoms with Crippen molar-refractivity contribution in [3.05, 3.63) is 33.2 Å². The lowest BCUT2D eigenvalue weighted by molar-refractivity contribution is 0.397. The second-order valence-electron chi connectivity index (χ2n) is 4.27. The van der Waals surface area contributed by atoms with Gasteiger partial charge in [-0.25, -0.2) is 13.4 Å². The molecule has 0 saturated heterocycles. The number of benzene rings is 1. The third-order valence-electron chi connectivity index (χ3n) is 2.84. The molecule has 1 aromatic carbocycles. The molecule has 114 valence electrons. The summed E-state index contributed by atoms with van der Waals surface area (Å²) in [5.74, 6) is 0.237. The van der Waals surface area contributed by atoms with Gasteiger partial charge in [0, 0.05) is 22.6 Å². The largest absolute Gasteiger partial charge is 0.495 e. The number of methoxy groups -OCH3 is 1. The molecule has 6 nitrogen and oxygen atoms in total. The first kappa shape index (κ1) is 16.2. The van der Waals surface area contributed by atoms with E-state index in [1.807, 2.05) is 0 Å². The quantitative estimate of drug-likeness (QED) is 0.790. The Labute approximate surface area is 135 Å². The minimum atomic E-state index is -3.72. The van der Waals surface area contributed by atoms with Crippen molar-refractivity contribution in [3.63, 3.8) is 0 Å². The van der Waals surface area contributed by atoms with E-state index in [0.717, 1.165) is 0 Å². The molecule has 0 unspecified atom stereocenters. The molecule has 0 atom stereocenters. The molecule has 2 aromatic rings. The van der Waals surface area contributed by atoms with Crippen molar-refractivity contribution >= 4 is 43.0 Å². The molecule has 9 heteroatoms. The van der Waals surface area contributed by atoms with E-state index in [4.69, 9.17) is 10.5 Å². The summed E-state index contributed by atoms with van der Waals surface area (Å²) in [5, 5.41) is 1.80. The zero-order valence-electron chi connectivity index (χ0n) is 11.4. The summed E-state index contributed by atoms with van der Waals surface area (Å²) in [6.45, 7) is 0.185. The number of sulfonamides is 1. The van der Waals surface area contributed by atoms with E-state index in [9.17, 15) is 8.42 Å². The summed E-state index contributed by atoms with van der Waals surface area (Å²) in [6.07, 6.45) is 0. The second kappa shape index (κ2) is 6.30. The highest BCUT2D eigenvalue weighted by molar-refractivity contribution is 9.10. The molecule has 0 fully saturated rings. The monoisotopic (exact) mass is 391 g/mol. The summed E-state index contributed by atoms with van der Waals surface area (Å²) in [4.78, 5) is 4.12. The number of anilines is 1. The van der Waals surface area contributed by atoms with E-state index in [2.05, 4.69) is 20.9 Å². The van der Waals surface area contributed by atoms with Crippen molar-refractivity contribution in [1.29, 1.82) is 0 Å². The van der Waals surface area contributed by atoms with Gasteiger partial charge < -0.3 is 10.5 Å². The summed E-state index contributed by atoms with van der Waals surface area (Å²) < 4.78 is 32.3. The highest BCUT2D eigenvalue weighted by Crippen LogP contribution is 2.33. The lowest BCUT2D eigenvalue weighted by atomic mass is 10.3. The minimum absolute atomic E-state index is 0.0310. The predicted octanol–water partition coefficient (Wildman–Crippen LogP) is 2.32. The Morgan fingerprint density at radius 1 is 1.48 bits per heavy atom. The van der Waals surface area contributed by atoms with Gasteiger partial charge in [0.1, 0.15) is 10.6 Å². The molecular formula is C12H14BrN3O3S2. The number of nitrogens with zero attached hydrogens (tertiary/aromatic N) is 2. The van der Waals surface area contributed by atoms with Crippen LogP contribution >= 0.6 is 27.3 Å². The van der Waals surface area contributed by atoms with Crippen LogP contribution in [0.5, 0.6) is 5.75 Å². The van der Waals surface area contributed by atoms with Crippen LogP contribution in [0.3, 0.4) is 0 Å². The maximum atomic E-state index is 12.7. The lowest BCUT2D eigenvalue weighted by Crippen LogP contribution is -2.27. The van der Waals surface area contributed by atoms with Crippen molar-refractivity contribution < 1.29 is 13.2 Å². The van der Waals surface area contributed by atoms with Gasteiger partial charge in [0.15, 0.2) is 0 Å². The Balaban J connectivity index is 2.41. The van der Waals surface area contributed by atoms with Crippen LogP contribution in [0.4, 0.5) is 5.69 Å².